The van der Waals surface area contributed by atoms with Crippen LogP contribution in [-0.4, -0.2) is 15.0 Å². The van der Waals surface area contributed by atoms with Gasteiger partial charge >= 0.3 is 0 Å². The number of hydrogen-bond donors (Lipinski definition) is 2. The van der Waals surface area contributed by atoms with Gasteiger partial charge in [0.15, 0.2) is 0 Å². The fourth-order valence-corrected chi connectivity index (χ4v) is 1.72. The van der Waals surface area contributed by atoms with Crippen molar-refractivity contribution < 1.29 is 0 Å². The van der Waals surface area contributed by atoms with E-state index in [2.05, 4.69) is 15.3 Å². The number of rotatable bonds is 3. The van der Waals surface area contributed by atoms with Crippen LogP contribution in [0.5, 0.6) is 0 Å². The second-order valence-corrected chi connectivity index (χ2v) is 4.53. The third-order valence-electron chi connectivity index (χ3n) is 2.23. The van der Waals surface area contributed by atoms with Gasteiger partial charge < -0.3 is 11.1 Å². The van der Waals surface area contributed by atoms with Crippen molar-refractivity contribution in [3.05, 3.63) is 46.7 Å². The lowest BCUT2D eigenvalue weighted by atomic mass is 10.3. The van der Waals surface area contributed by atoms with Gasteiger partial charge in [-0.15, -0.1) is 0 Å². The summed E-state index contributed by atoms with van der Waals surface area (Å²) in [4.78, 5) is 8.72. The molecule has 0 bridgehead atoms. The van der Waals surface area contributed by atoms with Crippen LogP contribution < -0.4 is 11.1 Å². The molecule has 1 heterocycles. The maximum absolute atomic E-state index is 6.05. The Morgan fingerprint density at radius 3 is 2.72 bits per heavy atom. The second kappa shape index (κ2) is 5.29. The highest BCUT2D eigenvalue weighted by atomic mass is 35.5. The minimum absolute atomic E-state index is 0.239. The van der Waals surface area contributed by atoms with Gasteiger partial charge in [0.25, 0.3) is 0 Å². The zero-order valence-electron chi connectivity index (χ0n) is 9.64. The van der Waals surface area contributed by atoms with Gasteiger partial charge in [0.1, 0.15) is 10.7 Å². The van der Waals surface area contributed by atoms with Crippen molar-refractivity contribution in [1.82, 2.24) is 9.97 Å². The summed E-state index contributed by atoms with van der Waals surface area (Å²) in [6.07, 6.45) is 0. The summed E-state index contributed by atoms with van der Waals surface area (Å²) in [6, 6.07) is 9.09. The average Bonchev–Trinajstić information content (AvgIpc) is 2.31. The van der Waals surface area contributed by atoms with Gasteiger partial charge in [0, 0.05) is 5.69 Å². The van der Waals surface area contributed by atoms with E-state index in [1.165, 1.54) is 0 Å². The first kappa shape index (κ1) is 12.7. The molecule has 92 valence electrons. The summed E-state index contributed by atoms with van der Waals surface area (Å²) in [7, 11) is 0. The van der Waals surface area contributed by atoms with E-state index in [1.807, 2.05) is 25.1 Å². The second-order valence-electron chi connectivity index (χ2n) is 3.69. The van der Waals surface area contributed by atoms with E-state index in [4.69, 9.17) is 29.6 Å². The Morgan fingerprint density at radius 2 is 2.06 bits per heavy atom. The fourth-order valence-electron chi connectivity index (χ4n) is 1.43. The molecule has 1 aromatic heterocycles. The lowest BCUT2D eigenvalue weighted by Gasteiger charge is -2.08. The van der Waals surface area contributed by atoms with Crippen LogP contribution in [0.1, 0.15) is 11.4 Å². The number of halogens is 1. The molecule has 0 saturated heterocycles. The number of hydrogen-bond acceptors (Lipinski definition) is 4. The van der Waals surface area contributed by atoms with Gasteiger partial charge in [0.05, 0.1) is 10.7 Å². The number of nitrogens with zero attached hydrogens (tertiary/aromatic N) is 2. The minimum Gasteiger partial charge on any atom is -0.388 e. The molecule has 6 heteroatoms. The van der Waals surface area contributed by atoms with E-state index in [0.717, 1.165) is 11.4 Å². The average molecular weight is 279 g/mol. The number of aryl methyl sites for hydroxylation is 1. The molecule has 0 aliphatic heterocycles. The molecule has 0 unspecified atom stereocenters. The van der Waals surface area contributed by atoms with E-state index in [-0.39, 0.29) is 4.99 Å². The van der Waals surface area contributed by atoms with Crippen LogP contribution in [0, 0.1) is 6.92 Å². The van der Waals surface area contributed by atoms with Crippen LogP contribution in [0.4, 0.5) is 11.6 Å². The standard InChI is InChI=1S/C12H11ClN4S/c1-7-6-10(11(14)18)17-12(15-7)16-9-5-3-2-4-8(9)13/h2-6H,1H3,(H2,14,18)(H,15,16,17). The van der Waals surface area contributed by atoms with Crippen LogP contribution in [0.3, 0.4) is 0 Å². The number of anilines is 2. The van der Waals surface area contributed by atoms with Gasteiger partial charge in [-0.25, -0.2) is 9.97 Å². The van der Waals surface area contributed by atoms with Crippen molar-refractivity contribution in [3.63, 3.8) is 0 Å². The summed E-state index contributed by atoms with van der Waals surface area (Å²) in [5, 5.41) is 3.64. The van der Waals surface area contributed by atoms with Crippen molar-refractivity contribution in [2.45, 2.75) is 6.92 Å². The quantitative estimate of drug-likeness (QED) is 0.845. The number of para-hydroxylation sites is 1. The molecule has 1 aromatic carbocycles. The molecule has 3 N–H and O–H groups in total. The van der Waals surface area contributed by atoms with E-state index >= 15 is 0 Å². The van der Waals surface area contributed by atoms with Crippen LogP contribution in [0.25, 0.3) is 0 Å². The molecule has 4 nitrogen and oxygen atoms in total. The number of nitrogens with two attached hydrogens (primary N) is 1. The molecular weight excluding hydrogens is 268 g/mol. The zero-order chi connectivity index (χ0) is 13.1. The molecule has 0 amide bonds. The molecular formula is C12H11ClN4S. The molecule has 0 atom stereocenters. The van der Waals surface area contributed by atoms with E-state index < -0.39 is 0 Å². The van der Waals surface area contributed by atoms with Crippen LogP contribution >= 0.6 is 23.8 Å². The van der Waals surface area contributed by atoms with Gasteiger partial charge in [0.2, 0.25) is 5.95 Å². The Balaban J connectivity index is 2.35. The van der Waals surface area contributed by atoms with Gasteiger partial charge in [-0.2, -0.15) is 0 Å². The Bertz CT molecular complexity index is 600. The zero-order valence-corrected chi connectivity index (χ0v) is 11.2. The first-order chi connectivity index (χ1) is 8.56. The van der Waals surface area contributed by atoms with Crippen LogP contribution in [-0.2, 0) is 0 Å². The Hall–Kier alpha value is -1.72. The molecule has 0 aliphatic rings. The van der Waals surface area contributed by atoms with Crippen molar-refractivity contribution in [3.8, 4) is 0 Å². The largest absolute Gasteiger partial charge is 0.388 e. The maximum Gasteiger partial charge on any atom is 0.228 e. The lowest BCUT2D eigenvalue weighted by molar-refractivity contribution is 1.09. The van der Waals surface area contributed by atoms with Crippen LogP contribution in [0.2, 0.25) is 5.02 Å². The predicted octanol–water partition coefficient (Wildman–Crippen LogP) is 2.82. The molecule has 0 saturated carbocycles. The van der Waals surface area contributed by atoms with Gasteiger partial charge in [-0.1, -0.05) is 36.0 Å². The number of thiocarbonyl (C=S) groups is 1. The van der Waals surface area contributed by atoms with Gasteiger partial charge in [-0.3, -0.25) is 0 Å². The van der Waals surface area contributed by atoms with E-state index in [1.54, 1.807) is 12.1 Å². The van der Waals surface area contributed by atoms with Crippen molar-refractivity contribution in [2.24, 2.45) is 5.73 Å². The van der Waals surface area contributed by atoms with Crippen LogP contribution in [0.15, 0.2) is 30.3 Å². The number of benzene rings is 1. The topological polar surface area (TPSA) is 63.8 Å². The fraction of sp³-hybridized carbons (Fsp3) is 0.0833. The summed E-state index contributed by atoms with van der Waals surface area (Å²) in [6.45, 7) is 1.85. The SMILES string of the molecule is Cc1cc(C(N)=S)nc(Nc2ccccc2Cl)n1. The summed E-state index contributed by atoms with van der Waals surface area (Å²) < 4.78 is 0. The normalized spacial score (nSPS) is 10.1. The maximum atomic E-state index is 6.05. The molecule has 0 fully saturated rings. The Kier molecular flexibility index (Phi) is 3.74. The summed E-state index contributed by atoms with van der Waals surface area (Å²) in [5.41, 5.74) is 7.61. The third-order valence-corrected chi connectivity index (χ3v) is 2.77. The molecule has 0 radical (unpaired) electrons. The highest BCUT2D eigenvalue weighted by molar-refractivity contribution is 7.80. The third kappa shape index (κ3) is 2.94. The monoisotopic (exact) mass is 278 g/mol. The Labute approximate surface area is 115 Å². The molecule has 0 spiro atoms. The molecule has 2 rings (SSSR count). The molecule has 0 aliphatic carbocycles. The first-order valence-corrected chi connectivity index (χ1v) is 6.02. The lowest BCUT2D eigenvalue weighted by Crippen LogP contribution is -2.13. The van der Waals surface area contributed by atoms with Crippen molar-refractivity contribution >= 4 is 40.4 Å². The highest BCUT2D eigenvalue weighted by Crippen LogP contribution is 2.23. The molecule has 2 aromatic rings. The Morgan fingerprint density at radius 1 is 1.33 bits per heavy atom. The van der Waals surface area contributed by atoms with E-state index in [9.17, 15) is 0 Å². The highest BCUT2D eigenvalue weighted by Gasteiger charge is 2.06. The number of nitrogens with one attached hydrogen (secondary N) is 1. The minimum atomic E-state index is 0.239. The smallest absolute Gasteiger partial charge is 0.228 e. The van der Waals surface area contributed by atoms with Gasteiger partial charge in [-0.05, 0) is 25.1 Å². The van der Waals surface area contributed by atoms with Crippen molar-refractivity contribution in [2.75, 3.05) is 5.32 Å². The number of aromatic nitrogens is 2. The first-order valence-electron chi connectivity index (χ1n) is 5.23. The predicted molar refractivity (Wildman–Crippen MR) is 77.4 cm³/mol. The molecule has 18 heavy (non-hydrogen) atoms. The van der Waals surface area contributed by atoms with Crippen molar-refractivity contribution in [1.29, 1.82) is 0 Å². The summed E-state index contributed by atoms with van der Waals surface area (Å²) in [5.74, 6) is 0.422. The van der Waals surface area contributed by atoms with E-state index in [0.29, 0.717) is 16.7 Å². The summed E-state index contributed by atoms with van der Waals surface area (Å²) >= 11 is 11.0.